The third-order valence-electron chi connectivity index (χ3n) is 3.03. The molecule has 0 saturated heterocycles. The Labute approximate surface area is 132 Å². The molecule has 124 valence electrons. The van der Waals surface area contributed by atoms with Crippen LogP contribution in [0.1, 0.15) is 31.1 Å². The van der Waals surface area contributed by atoms with Crippen molar-refractivity contribution >= 4 is 23.1 Å². The molecule has 0 bridgehead atoms. The Hall–Kier alpha value is -2.77. The number of aromatic carboxylic acids is 1. The van der Waals surface area contributed by atoms with Crippen molar-refractivity contribution in [1.29, 1.82) is 0 Å². The normalized spacial score (nSPS) is 11.4. The number of rotatable bonds is 4. The third-order valence-corrected chi connectivity index (χ3v) is 3.03. The molecule has 2 rings (SSSR count). The minimum atomic E-state index is -1.07. The second-order valence-electron chi connectivity index (χ2n) is 6.05. The largest absolute Gasteiger partial charge is 0.478 e. The zero-order valence-corrected chi connectivity index (χ0v) is 13.2. The van der Waals surface area contributed by atoms with E-state index in [1.165, 1.54) is 22.8 Å². The van der Waals surface area contributed by atoms with Crippen molar-refractivity contribution in [3.05, 3.63) is 34.2 Å². The summed E-state index contributed by atoms with van der Waals surface area (Å²) < 4.78 is 6.48. The van der Waals surface area contributed by atoms with Crippen molar-refractivity contribution in [3.63, 3.8) is 0 Å². The van der Waals surface area contributed by atoms with E-state index in [0.717, 1.165) is 0 Å². The molecule has 0 aliphatic rings. The smallest absolute Gasteiger partial charge is 0.407 e. The van der Waals surface area contributed by atoms with Crippen LogP contribution in [0.4, 0.5) is 4.79 Å². The quantitative estimate of drug-likeness (QED) is 0.790. The van der Waals surface area contributed by atoms with Gasteiger partial charge >= 0.3 is 17.8 Å². The molecule has 0 saturated carbocycles. The number of carboxylic acids is 1. The molecule has 1 aromatic heterocycles. The SMILES string of the molecule is CC(C)(C)OC(=O)NCCn1c(=O)[nH]c2ccc(C(=O)O)cc21. The molecule has 0 atom stereocenters. The van der Waals surface area contributed by atoms with Gasteiger partial charge in [0.1, 0.15) is 5.60 Å². The molecular formula is C15H19N3O5. The number of benzene rings is 1. The average molecular weight is 321 g/mol. The number of alkyl carbamates (subject to hydrolysis) is 1. The Balaban J connectivity index is 2.12. The van der Waals surface area contributed by atoms with Gasteiger partial charge in [0, 0.05) is 13.1 Å². The van der Waals surface area contributed by atoms with Gasteiger partial charge in [-0.15, -0.1) is 0 Å². The minimum absolute atomic E-state index is 0.0883. The second kappa shape index (κ2) is 6.15. The van der Waals surface area contributed by atoms with Gasteiger partial charge in [0.15, 0.2) is 0 Å². The van der Waals surface area contributed by atoms with Crippen molar-refractivity contribution in [2.24, 2.45) is 0 Å². The summed E-state index contributed by atoms with van der Waals surface area (Å²) in [5.41, 5.74) is 0.134. The molecule has 0 aliphatic heterocycles. The number of ether oxygens (including phenoxy) is 1. The Bertz CT molecular complexity index is 798. The van der Waals surface area contributed by atoms with Crippen molar-refractivity contribution in [2.45, 2.75) is 32.9 Å². The summed E-state index contributed by atoms with van der Waals surface area (Å²) in [6, 6.07) is 4.38. The molecule has 1 heterocycles. The summed E-state index contributed by atoms with van der Waals surface area (Å²) in [7, 11) is 0. The Morgan fingerprint density at radius 1 is 1.35 bits per heavy atom. The van der Waals surface area contributed by atoms with Gasteiger partial charge in [-0.3, -0.25) is 4.57 Å². The molecule has 0 fully saturated rings. The van der Waals surface area contributed by atoms with Crippen molar-refractivity contribution < 1.29 is 19.4 Å². The Kier molecular flexibility index (Phi) is 4.44. The molecule has 8 nitrogen and oxygen atoms in total. The Morgan fingerprint density at radius 2 is 2.04 bits per heavy atom. The lowest BCUT2D eigenvalue weighted by molar-refractivity contribution is 0.0525. The van der Waals surface area contributed by atoms with Crippen molar-refractivity contribution in [2.75, 3.05) is 6.54 Å². The highest BCUT2D eigenvalue weighted by Gasteiger charge is 2.16. The van der Waals surface area contributed by atoms with E-state index in [1.807, 2.05) is 0 Å². The van der Waals surface area contributed by atoms with Gasteiger partial charge in [-0.25, -0.2) is 14.4 Å². The zero-order chi connectivity index (χ0) is 17.2. The van der Waals surface area contributed by atoms with Crippen LogP contribution < -0.4 is 11.0 Å². The van der Waals surface area contributed by atoms with Gasteiger partial charge in [0.2, 0.25) is 0 Å². The van der Waals surface area contributed by atoms with Crippen LogP contribution in [0, 0.1) is 0 Å². The molecule has 0 aliphatic carbocycles. The van der Waals surface area contributed by atoms with Crippen LogP contribution in [0.3, 0.4) is 0 Å². The molecule has 8 heteroatoms. The van der Waals surface area contributed by atoms with Gasteiger partial charge in [0.25, 0.3) is 0 Å². The third kappa shape index (κ3) is 4.12. The van der Waals surface area contributed by atoms with Crippen LogP contribution >= 0.6 is 0 Å². The van der Waals surface area contributed by atoms with E-state index in [1.54, 1.807) is 20.8 Å². The predicted octanol–water partition coefficient (Wildman–Crippen LogP) is 1.55. The van der Waals surface area contributed by atoms with Crippen LogP contribution in [-0.4, -0.2) is 38.9 Å². The van der Waals surface area contributed by atoms with Gasteiger partial charge < -0.3 is 20.1 Å². The van der Waals surface area contributed by atoms with E-state index in [-0.39, 0.29) is 24.3 Å². The number of aromatic amines is 1. The van der Waals surface area contributed by atoms with E-state index < -0.39 is 17.7 Å². The van der Waals surface area contributed by atoms with Gasteiger partial charge in [0.05, 0.1) is 16.6 Å². The maximum atomic E-state index is 11.9. The molecule has 1 amide bonds. The standard InChI is InChI=1S/C15H19N3O5/c1-15(2,3)23-14(22)16-6-7-18-11-8-9(12(19)20)4-5-10(11)17-13(18)21/h4-5,8H,6-7H2,1-3H3,(H,16,22)(H,17,21)(H,19,20). The molecule has 3 N–H and O–H groups in total. The summed E-state index contributed by atoms with van der Waals surface area (Å²) in [5.74, 6) is -1.07. The molecule has 23 heavy (non-hydrogen) atoms. The first-order valence-electron chi connectivity index (χ1n) is 7.10. The van der Waals surface area contributed by atoms with E-state index in [9.17, 15) is 14.4 Å². The van der Waals surface area contributed by atoms with E-state index in [2.05, 4.69) is 10.3 Å². The number of amides is 1. The summed E-state index contributed by atoms with van der Waals surface area (Å²) in [5, 5.41) is 11.6. The molecule has 1 aromatic carbocycles. The summed E-state index contributed by atoms with van der Waals surface area (Å²) in [4.78, 5) is 37.2. The Morgan fingerprint density at radius 3 is 2.65 bits per heavy atom. The van der Waals surface area contributed by atoms with Crippen LogP contribution in [0.2, 0.25) is 0 Å². The zero-order valence-electron chi connectivity index (χ0n) is 13.2. The molecule has 0 radical (unpaired) electrons. The summed E-state index contributed by atoms with van der Waals surface area (Å²) in [6.07, 6.45) is -0.573. The summed E-state index contributed by atoms with van der Waals surface area (Å²) in [6.45, 7) is 5.64. The number of H-pyrrole nitrogens is 1. The number of nitrogens with one attached hydrogen (secondary N) is 2. The number of carboxylic acid groups (broad SMARTS) is 1. The number of hydrogen-bond donors (Lipinski definition) is 3. The number of imidazole rings is 1. The molecule has 0 unspecified atom stereocenters. The lowest BCUT2D eigenvalue weighted by atomic mass is 10.2. The molecular weight excluding hydrogens is 302 g/mol. The molecule has 0 spiro atoms. The maximum absolute atomic E-state index is 11.9. The van der Waals surface area contributed by atoms with Crippen LogP contribution in [0.25, 0.3) is 11.0 Å². The van der Waals surface area contributed by atoms with E-state index >= 15 is 0 Å². The first-order chi connectivity index (χ1) is 10.7. The highest BCUT2D eigenvalue weighted by Crippen LogP contribution is 2.13. The van der Waals surface area contributed by atoms with Crippen molar-refractivity contribution in [1.82, 2.24) is 14.9 Å². The monoisotopic (exact) mass is 321 g/mol. The van der Waals surface area contributed by atoms with E-state index in [0.29, 0.717) is 11.0 Å². The van der Waals surface area contributed by atoms with Crippen molar-refractivity contribution in [3.8, 4) is 0 Å². The number of aromatic nitrogens is 2. The second-order valence-corrected chi connectivity index (χ2v) is 6.05. The van der Waals surface area contributed by atoms with Gasteiger partial charge in [-0.2, -0.15) is 0 Å². The maximum Gasteiger partial charge on any atom is 0.407 e. The first kappa shape index (κ1) is 16.6. The van der Waals surface area contributed by atoms with Crippen LogP contribution in [0.5, 0.6) is 0 Å². The number of nitrogens with zero attached hydrogens (tertiary/aromatic N) is 1. The summed E-state index contributed by atoms with van der Waals surface area (Å²) >= 11 is 0. The lowest BCUT2D eigenvalue weighted by Crippen LogP contribution is -2.35. The highest BCUT2D eigenvalue weighted by molar-refractivity contribution is 5.92. The fraction of sp³-hybridized carbons (Fsp3) is 0.400. The van der Waals surface area contributed by atoms with E-state index in [4.69, 9.17) is 9.84 Å². The fourth-order valence-electron chi connectivity index (χ4n) is 2.09. The number of hydrogen-bond acceptors (Lipinski definition) is 4. The van der Waals surface area contributed by atoms with Gasteiger partial charge in [-0.05, 0) is 39.0 Å². The van der Waals surface area contributed by atoms with Gasteiger partial charge in [-0.1, -0.05) is 0 Å². The average Bonchev–Trinajstić information content (AvgIpc) is 2.72. The minimum Gasteiger partial charge on any atom is -0.478 e. The number of carbonyl (C=O) groups is 2. The number of carbonyl (C=O) groups excluding carboxylic acids is 1. The van der Waals surface area contributed by atoms with Crippen LogP contribution in [0.15, 0.2) is 23.0 Å². The molecule has 2 aromatic rings. The van der Waals surface area contributed by atoms with Crippen LogP contribution in [-0.2, 0) is 11.3 Å². The highest BCUT2D eigenvalue weighted by atomic mass is 16.6. The first-order valence-corrected chi connectivity index (χ1v) is 7.10. The topological polar surface area (TPSA) is 113 Å². The lowest BCUT2D eigenvalue weighted by Gasteiger charge is -2.19. The number of fused-ring (bicyclic) bond motifs is 1. The predicted molar refractivity (Wildman–Crippen MR) is 83.8 cm³/mol. The fourth-order valence-corrected chi connectivity index (χ4v) is 2.09.